The third-order valence-corrected chi connectivity index (χ3v) is 6.47. The molecule has 0 unspecified atom stereocenters. The van der Waals surface area contributed by atoms with Gasteiger partial charge in [0.1, 0.15) is 10.8 Å². The highest BCUT2D eigenvalue weighted by Gasteiger charge is 2.21. The van der Waals surface area contributed by atoms with Crippen molar-refractivity contribution in [1.29, 1.82) is 0 Å². The van der Waals surface area contributed by atoms with E-state index in [0.29, 0.717) is 37.4 Å². The molecule has 8 heteroatoms. The largest absolute Gasteiger partial charge is 0.508 e. The quantitative estimate of drug-likeness (QED) is 0.320. The highest BCUT2D eigenvalue weighted by atomic mass is 35.5. The highest BCUT2D eigenvalue weighted by Crippen LogP contribution is 2.40. The number of hydrogen-bond donors (Lipinski definition) is 2. The number of aromatic hydroxyl groups is 1. The number of hydrogen-bond acceptors (Lipinski definition) is 4. The van der Waals surface area contributed by atoms with Crippen LogP contribution in [-0.2, 0) is 0 Å². The molecule has 0 fully saturated rings. The van der Waals surface area contributed by atoms with E-state index in [0.717, 1.165) is 5.56 Å². The summed E-state index contributed by atoms with van der Waals surface area (Å²) in [5.41, 5.74) is 2.89. The molecule has 1 aromatic heterocycles. The number of benzene rings is 3. The van der Waals surface area contributed by atoms with E-state index < -0.39 is 5.97 Å². The second-order valence-electron chi connectivity index (χ2n) is 6.37. The van der Waals surface area contributed by atoms with Gasteiger partial charge in [0, 0.05) is 16.5 Å². The van der Waals surface area contributed by atoms with Gasteiger partial charge in [0.15, 0.2) is 0 Å². The van der Waals surface area contributed by atoms with Crippen LogP contribution in [0.25, 0.3) is 33.0 Å². The Morgan fingerprint density at radius 2 is 1.67 bits per heavy atom. The summed E-state index contributed by atoms with van der Waals surface area (Å²) >= 11 is 19.9. The van der Waals surface area contributed by atoms with Crippen LogP contribution in [-0.4, -0.2) is 21.2 Å². The standard InChI is InChI=1S/C22H12Cl3NO3S/c23-16-7-4-12(9-17(16)24)18-10-30-21(26-18)15-6-5-14(19(20(15)25)22(28)29)11-2-1-3-13(27)8-11/h1-10,27H,(H,28,29). The van der Waals surface area contributed by atoms with E-state index in [1.54, 1.807) is 36.4 Å². The maximum Gasteiger partial charge on any atom is 0.337 e. The molecule has 2 N–H and O–H groups in total. The smallest absolute Gasteiger partial charge is 0.337 e. The van der Waals surface area contributed by atoms with E-state index in [1.807, 2.05) is 11.4 Å². The van der Waals surface area contributed by atoms with Crippen molar-refractivity contribution in [2.45, 2.75) is 0 Å². The number of carboxylic acid groups (broad SMARTS) is 1. The average molecular weight is 477 g/mol. The molecule has 0 bridgehead atoms. The van der Waals surface area contributed by atoms with Gasteiger partial charge in [-0.3, -0.25) is 0 Å². The second kappa shape index (κ2) is 8.28. The molecule has 0 amide bonds. The van der Waals surface area contributed by atoms with Gasteiger partial charge in [0.05, 0.1) is 26.3 Å². The SMILES string of the molecule is O=C(O)c1c(-c2cccc(O)c2)ccc(-c2nc(-c3ccc(Cl)c(Cl)c3)cs2)c1Cl. The number of thiazole rings is 1. The van der Waals surface area contributed by atoms with Gasteiger partial charge < -0.3 is 10.2 Å². The molecule has 150 valence electrons. The molecule has 4 rings (SSSR count). The van der Waals surface area contributed by atoms with Crippen LogP contribution >= 0.6 is 46.1 Å². The summed E-state index contributed by atoms with van der Waals surface area (Å²) in [4.78, 5) is 16.6. The van der Waals surface area contributed by atoms with Gasteiger partial charge in [-0.05, 0) is 41.5 Å². The first-order valence-electron chi connectivity index (χ1n) is 8.61. The van der Waals surface area contributed by atoms with Crippen LogP contribution in [0.15, 0.2) is 60.0 Å². The molecule has 0 radical (unpaired) electrons. The van der Waals surface area contributed by atoms with Gasteiger partial charge in [-0.15, -0.1) is 11.3 Å². The van der Waals surface area contributed by atoms with Crippen LogP contribution in [0.4, 0.5) is 0 Å². The minimum absolute atomic E-state index is 0.0372. The highest BCUT2D eigenvalue weighted by molar-refractivity contribution is 7.13. The summed E-state index contributed by atoms with van der Waals surface area (Å²) in [6.07, 6.45) is 0. The van der Waals surface area contributed by atoms with Crippen molar-refractivity contribution in [3.63, 3.8) is 0 Å². The minimum atomic E-state index is -1.17. The van der Waals surface area contributed by atoms with Crippen LogP contribution < -0.4 is 0 Å². The van der Waals surface area contributed by atoms with E-state index in [1.165, 1.54) is 23.5 Å². The lowest BCUT2D eigenvalue weighted by Gasteiger charge is -2.11. The average Bonchev–Trinajstić information content (AvgIpc) is 3.19. The van der Waals surface area contributed by atoms with Crippen molar-refractivity contribution in [3.05, 3.63) is 80.6 Å². The van der Waals surface area contributed by atoms with Gasteiger partial charge in [0.25, 0.3) is 0 Å². The Balaban J connectivity index is 1.81. The maximum atomic E-state index is 12.0. The number of carboxylic acids is 1. The molecule has 0 aliphatic carbocycles. The van der Waals surface area contributed by atoms with Crippen molar-refractivity contribution in [3.8, 4) is 38.7 Å². The lowest BCUT2D eigenvalue weighted by molar-refractivity contribution is 0.0698. The van der Waals surface area contributed by atoms with Crippen molar-refractivity contribution in [1.82, 2.24) is 4.98 Å². The van der Waals surface area contributed by atoms with Crippen LogP contribution in [0.2, 0.25) is 15.1 Å². The maximum absolute atomic E-state index is 12.0. The Labute approximate surface area is 190 Å². The molecule has 3 aromatic carbocycles. The van der Waals surface area contributed by atoms with E-state index in [-0.39, 0.29) is 16.3 Å². The Kier molecular flexibility index (Phi) is 5.71. The van der Waals surface area contributed by atoms with E-state index in [9.17, 15) is 15.0 Å². The fraction of sp³-hybridized carbons (Fsp3) is 0. The zero-order valence-corrected chi connectivity index (χ0v) is 18.1. The van der Waals surface area contributed by atoms with Crippen molar-refractivity contribution >= 4 is 52.1 Å². The second-order valence-corrected chi connectivity index (χ2v) is 8.42. The molecule has 0 saturated carbocycles. The summed E-state index contributed by atoms with van der Waals surface area (Å²) in [7, 11) is 0. The molecular formula is C22H12Cl3NO3S. The first-order chi connectivity index (χ1) is 14.3. The number of phenolic OH excluding ortho intramolecular Hbond substituents is 1. The predicted molar refractivity (Wildman–Crippen MR) is 122 cm³/mol. The normalized spacial score (nSPS) is 10.9. The topological polar surface area (TPSA) is 70.4 Å². The van der Waals surface area contributed by atoms with Crippen LogP contribution in [0.5, 0.6) is 5.75 Å². The van der Waals surface area contributed by atoms with Crippen molar-refractivity contribution in [2.75, 3.05) is 0 Å². The molecule has 4 nitrogen and oxygen atoms in total. The lowest BCUT2D eigenvalue weighted by Crippen LogP contribution is -2.02. The summed E-state index contributed by atoms with van der Waals surface area (Å²) < 4.78 is 0. The predicted octanol–water partition coefficient (Wildman–Crippen LogP) is 7.51. The molecule has 4 aromatic rings. The van der Waals surface area contributed by atoms with Crippen LogP contribution in [0, 0.1) is 0 Å². The Bertz CT molecular complexity index is 1290. The molecule has 0 aliphatic rings. The molecule has 0 atom stereocenters. The van der Waals surface area contributed by atoms with Crippen LogP contribution in [0.1, 0.15) is 10.4 Å². The van der Waals surface area contributed by atoms with E-state index in [2.05, 4.69) is 4.98 Å². The Morgan fingerprint density at radius 3 is 2.37 bits per heavy atom. The lowest BCUT2D eigenvalue weighted by atomic mass is 9.97. The van der Waals surface area contributed by atoms with Crippen molar-refractivity contribution < 1.29 is 15.0 Å². The number of nitrogens with zero attached hydrogens (tertiary/aromatic N) is 1. The monoisotopic (exact) mass is 475 g/mol. The van der Waals surface area contributed by atoms with E-state index in [4.69, 9.17) is 34.8 Å². The van der Waals surface area contributed by atoms with Gasteiger partial charge in [-0.1, -0.05) is 59.1 Å². The number of carbonyl (C=O) groups is 1. The van der Waals surface area contributed by atoms with Gasteiger partial charge in [0.2, 0.25) is 0 Å². The number of halogens is 3. The van der Waals surface area contributed by atoms with Crippen LogP contribution in [0.3, 0.4) is 0 Å². The van der Waals surface area contributed by atoms with Gasteiger partial charge in [-0.2, -0.15) is 0 Å². The fourth-order valence-electron chi connectivity index (χ4n) is 3.05. The zero-order chi connectivity index (χ0) is 21.4. The molecule has 0 saturated heterocycles. The third-order valence-electron chi connectivity index (χ3n) is 4.46. The molecule has 1 heterocycles. The molecular weight excluding hydrogens is 465 g/mol. The summed E-state index contributed by atoms with van der Waals surface area (Å²) in [5.74, 6) is -1.13. The fourth-order valence-corrected chi connectivity index (χ4v) is 4.60. The first kappa shape index (κ1) is 20.7. The number of aromatic nitrogens is 1. The number of aromatic carboxylic acids is 1. The van der Waals surface area contributed by atoms with Gasteiger partial charge >= 0.3 is 5.97 Å². The summed E-state index contributed by atoms with van der Waals surface area (Å²) in [5, 5.41) is 22.9. The van der Waals surface area contributed by atoms with Crippen molar-refractivity contribution in [2.24, 2.45) is 0 Å². The minimum Gasteiger partial charge on any atom is -0.508 e. The summed E-state index contributed by atoms with van der Waals surface area (Å²) in [6.45, 7) is 0. The summed E-state index contributed by atoms with van der Waals surface area (Å²) in [6, 6.07) is 15.0. The molecule has 0 spiro atoms. The first-order valence-corrected chi connectivity index (χ1v) is 10.6. The molecule has 30 heavy (non-hydrogen) atoms. The number of phenols is 1. The Hall–Kier alpha value is -2.57. The van der Waals surface area contributed by atoms with Gasteiger partial charge in [-0.25, -0.2) is 9.78 Å². The number of rotatable bonds is 4. The van der Waals surface area contributed by atoms with E-state index >= 15 is 0 Å². The molecule has 0 aliphatic heterocycles. The Morgan fingerprint density at radius 1 is 0.900 bits per heavy atom. The third kappa shape index (κ3) is 3.89. The zero-order valence-electron chi connectivity index (χ0n) is 15.1.